The normalized spacial score (nSPS) is 11.7. The molecule has 2 aromatic heterocycles. The molecule has 0 radical (unpaired) electrons. The van der Waals surface area contributed by atoms with Gasteiger partial charge in [-0.1, -0.05) is 12.1 Å². The zero-order chi connectivity index (χ0) is 16.4. The topological polar surface area (TPSA) is 56.5 Å². The molecule has 0 N–H and O–H groups in total. The summed E-state index contributed by atoms with van der Waals surface area (Å²) in [6.07, 6.45) is 1.30. The SMILES string of the molecule is Cc1nc2sccc2c(=O)n1/N=C\c1ccccc1OC(F)F. The minimum Gasteiger partial charge on any atom is -0.434 e. The summed E-state index contributed by atoms with van der Waals surface area (Å²) in [5, 5.41) is 6.31. The fourth-order valence-corrected chi connectivity index (χ4v) is 2.85. The molecule has 0 atom stereocenters. The van der Waals surface area contributed by atoms with Crippen molar-refractivity contribution >= 4 is 27.8 Å². The van der Waals surface area contributed by atoms with Crippen LogP contribution in [0.3, 0.4) is 0 Å². The standard InChI is InChI=1S/C15H11F2N3O2S/c1-9-19-13-11(6-7-23-13)14(21)20(9)18-8-10-4-2-3-5-12(10)22-15(16)17/h2-8,15H,1H3/b18-8-. The maximum Gasteiger partial charge on any atom is 0.387 e. The van der Waals surface area contributed by atoms with Crippen molar-refractivity contribution in [2.24, 2.45) is 5.10 Å². The summed E-state index contributed by atoms with van der Waals surface area (Å²) >= 11 is 1.37. The van der Waals surface area contributed by atoms with Gasteiger partial charge in [0.25, 0.3) is 5.56 Å². The fourth-order valence-electron chi connectivity index (χ4n) is 2.05. The Bertz CT molecular complexity index is 934. The first-order valence-electron chi connectivity index (χ1n) is 6.61. The van der Waals surface area contributed by atoms with E-state index in [9.17, 15) is 13.6 Å². The van der Waals surface area contributed by atoms with E-state index in [1.807, 2.05) is 0 Å². The molecule has 0 amide bonds. The molecule has 0 saturated carbocycles. The first-order chi connectivity index (χ1) is 11.1. The van der Waals surface area contributed by atoms with Crippen LogP contribution in [-0.2, 0) is 0 Å². The summed E-state index contributed by atoms with van der Waals surface area (Å²) in [7, 11) is 0. The minimum atomic E-state index is -2.93. The van der Waals surface area contributed by atoms with Gasteiger partial charge in [-0.15, -0.1) is 11.3 Å². The van der Waals surface area contributed by atoms with Crippen LogP contribution in [0, 0.1) is 6.92 Å². The molecule has 3 aromatic rings. The molecule has 0 fully saturated rings. The van der Waals surface area contributed by atoms with Gasteiger partial charge in [-0.25, -0.2) is 4.98 Å². The van der Waals surface area contributed by atoms with Crippen LogP contribution in [0.2, 0.25) is 0 Å². The van der Waals surface area contributed by atoms with Crippen LogP contribution >= 0.6 is 11.3 Å². The molecule has 0 aliphatic heterocycles. The van der Waals surface area contributed by atoms with Crippen LogP contribution in [0.15, 0.2) is 45.6 Å². The molecule has 2 heterocycles. The van der Waals surface area contributed by atoms with Crippen LogP contribution in [0.4, 0.5) is 8.78 Å². The van der Waals surface area contributed by atoms with E-state index < -0.39 is 6.61 Å². The Morgan fingerprint density at radius 2 is 2.13 bits per heavy atom. The van der Waals surface area contributed by atoms with Gasteiger partial charge >= 0.3 is 6.61 Å². The predicted molar refractivity (Wildman–Crippen MR) is 84.7 cm³/mol. The average Bonchev–Trinajstić information content (AvgIpc) is 2.96. The number of rotatable bonds is 4. The molecule has 0 saturated heterocycles. The minimum absolute atomic E-state index is 0.0125. The smallest absolute Gasteiger partial charge is 0.387 e. The first-order valence-corrected chi connectivity index (χ1v) is 7.49. The highest BCUT2D eigenvalue weighted by Crippen LogP contribution is 2.19. The van der Waals surface area contributed by atoms with Crippen molar-refractivity contribution in [1.29, 1.82) is 0 Å². The Morgan fingerprint density at radius 3 is 2.91 bits per heavy atom. The number of thiophene rings is 1. The maximum absolute atomic E-state index is 12.4. The monoisotopic (exact) mass is 335 g/mol. The lowest BCUT2D eigenvalue weighted by Crippen LogP contribution is -2.19. The molecule has 0 bridgehead atoms. The third kappa shape index (κ3) is 3.11. The molecule has 0 unspecified atom stereocenters. The lowest BCUT2D eigenvalue weighted by molar-refractivity contribution is -0.0499. The zero-order valence-electron chi connectivity index (χ0n) is 11.9. The Morgan fingerprint density at radius 1 is 1.35 bits per heavy atom. The highest BCUT2D eigenvalue weighted by Gasteiger charge is 2.10. The van der Waals surface area contributed by atoms with Crippen molar-refractivity contribution in [3.63, 3.8) is 0 Å². The van der Waals surface area contributed by atoms with Gasteiger partial charge in [0.1, 0.15) is 16.4 Å². The van der Waals surface area contributed by atoms with E-state index in [1.165, 1.54) is 23.6 Å². The molecule has 0 spiro atoms. The molecular weight excluding hydrogens is 324 g/mol. The quantitative estimate of drug-likeness (QED) is 0.688. The van der Waals surface area contributed by atoms with Gasteiger partial charge in [0.15, 0.2) is 0 Å². The fraction of sp³-hybridized carbons (Fsp3) is 0.133. The molecule has 1 aromatic carbocycles. The average molecular weight is 335 g/mol. The van der Waals surface area contributed by atoms with E-state index in [4.69, 9.17) is 0 Å². The number of hydrogen-bond acceptors (Lipinski definition) is 5. The third-order valence-electron chi connectivity index (χ3n) is 3.08. The van der Waals surface area contributed by atoms with Crippen molar-refractivity contribution in [2.45, 2.75) is 13.5 Å². The molecule has 118 valence electrons. The maximum atomic E-state index is 12.4. The first kappa shape index (κ1) is 15.3. The summed E-state index contributed by atoms with van der Waals surface area (Å²) in [4.78, 5) is 17.3. The van der Waals surface area contributed by atoms with E-state index in [0.29, 0.717) is 21.6 Å². The van der Waals surface area contributed by atoms with Gasteiger partial charge < -0.3 is 4.74 Å². The number of benzene rings is 1. The number of halogens is 2. The van der Waals surface area contributed by atoms with Crippen molar-refractivity contribution in [3.8, 4) is 5.75 Å². The van der Waals surface area contributed by atoms with Crippen LogP contribution < -0.4 is 10.3 Å². The Balaban J connectivity index is 2.03. The lowest BCUT2D eigenvalue weighted by atomic mass is 10.2. The number of para-hydroxylation sites is 1. The number of nitrogens with zero attached hydrogens (tertiary/aromatic N) is 3. The van der Waals surface area contributed by atoms with E-state index >= 15 is 0 Å². The molecule has 3 rings (SSSR count). The number of fused-ring (bicyclic) bond motifs is 1. The molecule has 5 nitrogen and oxygen atoms in total. The van der Waals surface area contributed by atoms with Crippen molar-refractivity contribution < 1.29 is 13.5 Å². The summed E-state index contributed by atoms with van der Waals surface area (Å²) in [6, 6.07) is 7.89. The van der Waals surface area contributed by atoms with Crippen molar-refractivity contribution in [3.05, 3.63) is 57.5 Å². The number of aryl methyl sites for hydroxylation is 1. The summed E-state index contributed by atoms with van der Waals surface area (Å²) < 4.78 is 30.4. The van der Waals surface area contributed by atoms with Crippen molar-refractivity contribution in [2.75, 3.05) is 0 Å². The molecular formula is C15H11F2N3O2S. The second-order valence-electron chi connectivity index (χ2n) is 4.58. The summed E-state index contributed by atoms with van der Waals surface area (Å²) in [5.74, 6) is 0.398. The van der Waals surface area contributed by atoms with E-state index in [-0.39, 0.29) is 11.3 Å². The second-order valence-corrected chi connectivity index (χ2v) is 5.47. The lowest BCUT2D eigenvalue weighted by Gasteiger charge is -2.07. The van der Waals surface area contributed by atoms with Gasteiger partial charge in [0.05, 0.1) is 11.6 Å². The molecule has 0 aliphatic carbocycles. The van der Waals surface area contributed by atoms with E-state index in [2.05, 4.69) is 14.8 Å². The largest absolute Gasteiger partial charge is 0.434 e. The zero-order valence-corrected chi connectivity index (χ0v) is 12.8. The molecule has 23 heavy (non-hydrogen) atoms. The third-order valence-corrected chi connectivity index (χ3v) is 3.89. The van der Waals surface area contributed by atoms with Gasteiger partial charge in [0.2, 0.25) is 0 Å². The van der Waals surface area contributed by atoms with E-state index in [1.54, 1.807) is 36.6 Å². The number of alkyl halides is 2. The van der Waals surface area contributed by atoms with Gasteiger partial charge in [-0.3, -0.25) is 4.79 Å². The van der Waals surface area contributed by atoms with Gasteiger partial charge in [-0.2, -0.15) is 18.6 Å². The van der Waals surface area contributed by atoms with Crippen LogP contribution in [0.5, 0.6) is 5.75 Å². The van der Waals surface area contributed by atoms with Gasteiger partial charge in [-0.05, 0) is 30.5 Å². The van der Waals surface area contributed by atoms with Crippen LogP contribution in [0.1, 0.15) is 11.4 Å². The number of hydrogen-bond donors (Lipinski definition) is 0. The predicted octanol–water partition coefficient (Wildman–Crippen LogP) is 3.25. The van der Waals surface area contributed by atoms with Crippen molar-refractivity contribution in [1.82, 2.24) is 9.66 Å². The van der Waals surface area contributed by atoms with E-state index in [0.717, 1.165) is 4.68 Å². The number of ether oxygens (including phenoxy) is 1. The highest BCUT2D eigenvalue weighted by atomic mass is 32.1. The summed E-state index contributed by atoms with van der Waals surface area (Å²) in [5.41, 5.74) is 0.0294. The number of aromatic nitrogens is 2. The van der Waals surface area contributed by atoms with Crippen LogP contribution in [-0.4, -0.2) is 22.5 Å². The highest BCUT2D eigenvalue weighted by molar-refractivity contribution is 7.16. The molecule has 0 aliphatic rings. The second kappa shape index (κ2) is 6.25. The molecule has 8 heteroatoms. The van der Waals surface area contributed by atoms with Crippen LogP contribution in [0.25, 0.3) is 10.2 Å². The Labute approximate surface area is 133 Å². The Hall–Kier alpha value is -2.61. The summed E-state index contributed by atoms with van der Waals surface area (Å²) in [6.45, 7) is -1.28. The van der Waals surface area contributed by atoms with Gasteiger partial charge in [0, 0.05) is 5.56 Å². The Kier molecular flexibility index (Phi) is 4.16.